The minimum atomic E-state index is -0.323. The Hall–Kier alpha value is -2.59. The third-order valence-corrected chi connectivity index (χ3v) is 3.33. The van der Waals surface area contributed by atoms with Crippen LogP contribution >= 0.6 is 11.6 Å². The van der Waals surface area contributed by atoms with Crippen molar-refractivity contribution in [3.05, 3.63) is 70.8 Å². The summed E-state index contributed by atoms with van der Waals surface area (Å²) in [7, 11) is 0. The van der Waals surface area contributed by atoms with Gasteiger partial charge in [0, 0.05) is 11.2 Å². The number of allylic oxidation sites excluding steroid dienone is 1. The molecule has 0 heterocycles. The average molecular weight is 329 g/mol. The van der Waals surface area contributed by atoms with Gasteiger partial charge in [-0.15, -0.1) is 0 Å². The van der Waals surface area contributed by atoms with E-state index in [1.165, 1.54) is 6.21 Å². The maximum absolute atomic E-state index is 11.6. The number of rotatable bonds is 6. The lowest BCUT2D eigenvalue weighted by molar-refractivity contribution is -0.123. The van der Waals surface area contributed by atoms with Gasteiger partial charge in [0.2, 0.25) is 0 Å². The summed E-state index contributed by atoms with van der Waals surface area (Å²) < 4.78 is 5.42. The van der Waals surface area contributed by atoms with Crippen molar-refractivity contribution in [3.8, 4) is 5.75 Å². The van der Waals surface area contributed by atoms with Crippen molar-refractivity contribution < 1.29 is 9.53 Å². The van der Waals surface area contributed by atoms with Gasteiger partial charge in [-0.2, -0.15) is 5.10 Å². The minimum absolute atomic E-state index is 0.0869. The molecule has 0 fully saturated rings. The number of hydrogen-bond donors (Lipinski definition) is 1. The zero-order chi connectivity index (χ0) is 16.5. The smallest absolute Gasteiger partial charge is 0.277 e. The highest BCUT2D eigenvalue weighted by molar-refractivity contribution is 6.32. The molecule has 2 rings (SSSR count). The number of ether oxygens (including phenoxy) is 1. The summed E-state index contributed by atoms with van der Waals surface area (Å²) in [4.78, 5) is 11.6. The van der Waals surface area contributed by atoms with Crippen molar-refractivity contribution in [1.82, 2.24) is 5.43 Å². The number of halogens is 1. The zero-order valence-corrected chi connectivity index (χ0v) is 13.5. The van der Waals surface area contributed by atoms with Gasteiger partial charge in [0.15, 0.2) is 6.61 Å². The fourth-order valence-corrected chi connectivity index (χ4v) is 2.00. The Bertz CT molecular complexity index is 726. The Balaban J connectivity index is 1.76. The van der Waals surface area contributed by atoms with Gasteiger partial charge in [-0.05, 0) is 36.3 Å². The molecule has 2 aromatic carbocycles. The second-order valence-corrected chi connectivity index (χ2v) is 5.16. The number of aryl methyl sites for hydroxylation is 1. The van der Waals surface area contributed by atoms with Crippen LogP contribution < -0.4 is 10.2 Å². The van der Waals surface area contributed by atoms with Gasteiger partial charge in [-0.3, -0.25) is 4.79 Å². The molecule has 4 nitrogen and oxygen atoms in total. The molecule has 0 unspecified atom stereocenters. The van der Waals surface area contributed by atoms with E-state index in [9.17, 15) is 4.79 Å². The van der Waals surface area contributed by atoms with Crippen LogP contribution in [0.25, 0.3) is 6.08 Å². The number of nitrogens with one attached hydrogen (secondary N) is 1. The Morgan fingerprint density at radius 3 is 2.74 bits per heavy atom. The second-order valence-electron chi connectivity index (χ2n) is 4.75. The van der Waals surface area contributed by atoms with Crippen molar-refractivity contribution in [2.24, 2.45) is 5.10 Å². The summed E-state index contributed by atoms with van der Waals surface area (Å²) in [6.45, 7) is 1.83. The van der Waals surface area contributed by atoms with E-state index in [0.29, 0.717) is 10.8 Å². The van der Waals surface area contributed by atoms with Crippen LogP contribution in [0.15, 0.2) is 59.7 Å². The predicted octanol–water partition coefficient (Wildman–Crippen LogP) is 3.84. The van der Waals surface area contributed by atoms with Crippen LogP contribution in [0.1, 0.15) is 11.1 Å². The molecule has 0 radical (unpaired) electrons. The van der Waals surface area contributed by atoms with E-state index in [0.717, 1.165) is 11.1 Å². The molecule has 0 saturated carbocycles. The van der Waals surface area contributed by atoms with Crippen LogP contribution in [0.3, 0.4) is 0 Å². The number of carbonyl (C=O) groups is 1. The average Bonchev–Trinajstić information content (AvgIpc) is 2.55. The van der Waals surface area contributed by atoms with Crippen LogP contribution in [0.5, 0.6) is 5.75 Å². The number of benzene rings is 2. The minimum Gasteiger partial charge on any atom is -0.483 e. The monoisotopic (exact) mass is 328 g/mol. The first kappa shape index (κ1) is 16.8. The van der Waals surface area contributed by atoms with Crippen molar-refractivity contribution >= 4 is 29.8 Å². The number of carbonyl (C=O) groups excluding carboxylic acids is 1. The lowest BCUT2D eigenvalue weighted by Gasteiger charge is -2.07. The van der Waals surface area contributed by atoms with Crippen LogP contribution in [0.2, 0.25) is 5.02 Å². The summed E-state index contributed by atoms with van der Waals surface area (Å²) >= 11 is 6.02. The molecular weight excluding hydrogens is 312 g/mol. The molecule has 5 heteroatoms. The SMILES string of the molecule is Cc1ccccc1OCC(=O)NN=CC=Cc1ccccc1Cl. The summed E-state index contributed by atoms with van der Waals surface area (Å²) in [5, 5.41) is 4.48. The number of nitrogens with zero attached hydrogens (tertiary/aromatic N) is 1. The van der Waals surface area contributed by atoms with E-state index in [-0.39, 0.29) is 12.5 Å². The van der Waals surface area contributed by atoms with Gasteiger partial charge in [-0.25, -0.2) is 5.43 Å². The molecule has 0 saturated heterocycles. The molecular formula is C18H17ClN2O2. The fourth-order valence-electron chi connectivity index (χ4n) is 1.80. The fraction of sp³-hybridized carbons (Fsp3) is 0.111. The van der Waals surface area contributed by atoms with E-state index in [4.69, 9.17) is 16.3 Å². The molecule has 0 aromatic heterocycles. The Labute approximate surface area is 140 Å². The van der Waals surface area contributed by atoms with E-state index >= 15 is 0 Å². The summed E-state index contributed by atoms with van der Waals surface area (Å²) in [5.41, 5.74) is 4.26. The Morgan fingerprint density at radius 1 is 1.22 bits per heavy atom. The molecule has 0 bridgehead atoms. The van der Waals surface area contributed by atoms with Crippen LogP contribution in [0, 0.1) is 6.92 Å². The first-order valence-corrected chi connectivity index (χ1v) is 7.46. The van der Waals surface area contributed by atoms with Crippen molar-refractivity contribution in [2.75, 3.05) is 6.61 Å². The highest BCUT2D eigenvalue weighted by Gasteiger charge is 2.02. The quantitative estimate of drug-likeness (QED) is 0.647. The lowest BCUT2D eigenvalue weighted by Crippen LogP contribution is -2.24. The highest BCUT2D eigenvalue weighted by Crippen LogP contribution is 2.16. The summed E-state index contributed by atoms with van der Waals surface area (Å²) in [6, 6.07) is 15.0. The maximum atomic E-state index is 11.6. The van der Waals surface area contributed by atoms with Gasteiger partial charge < -0.3 is 4.74 Å². The number of para-hydroxylation sites is 1. The molecule has 0 aliphatic heterocycles. The van der Waals surface area contributed by atoms with Crippen molar-refractivity contribution in [2.45, 2.75) is 6.92 Å². The van der Waals surface area contributed by atoms with Gasteiger partial charge in [0.25, 0.3) is 5.91 Å². The molecule has 0 atom stereocenters. The third-order valence-electron chi connectivity index (χ3n) is 2.98. The Morgan fingerprint density at radius 2 is 1.96 bits per heavy atom. The van der Waals surface area contributed by atoms with E-state index in [2.05, 4.69) is 10.5 Å². The van der Waals surface area contributed by atoms with Crippen LogP contribution in [-0.2, 0) is 4.79 Å². The Kier molecular flexibility index (Phi) is 6.39. The largest absolute Gasteiger partial charge is 0.483 e. The third kappa shape index (κ3) is 5.60. The van der Waals surface area contributed by atoms with E-state index in [1.54, 1.807) is 6.08 Å². The highest BCUT2D eigenvalue weighted by atomic mass is 35.5. The van der Waals surface area contributed by atoms with Gasteiger partial charge in [0.05, 0.1) is 0 Å². The molecule has 0 spiro atoms. The summed E-state index contributed by atoms with van der Waals surface area (Å²) in [6.07, 6.45) is 4.99. The van der Waals surface area contributed by atoms with Crippen LogP contribution in [0.4, 0.5) is 0 Å². The normalized spacial score (nSPS) is 11.0. The zero-order valence-electron chi connectivity index (χ0n) is 12.7. The first-order valence-electron chi connectivity index (χ1n) is 7.08. The molecule has 23 heavy (non-hydrogen) atoms. The number of hydrazone groups is 1. The van der Waals surface area contributed by atoms with Gasteiger partial charge >= 0.3 is 0 Å². The number of amides is 1. The standard InChI is InChI=1S/C18H17ClN2O2/c1-14-7-2-5-11-17(14)23-13-18(22)21-20-12-6-9-15-8-3-4-10-16(15)19/h2-12H,13H2,1H3,(H,21,22). The van der Waals surface area contributed by atoms with Gasteiger partial charge in [-0.1, -0.05) is 54.1 Å². The molecule has 0 aliphatic rings. The second kappa shape index (κ2) is 8.76. The van der Waals surface area contributed by atoms with Crippen molar-refractivity contribution in [1.29, 1.82) is 0 Å². The topological polar surface area (TPSA) is 50.7 Å². The molecule has 118 valence electrons. The first-order chi connectivity index (χ1) is 11.2. The lowest BCUT2D eigenvalue weighted by atomic mass is 10.2. The van der Waals surface area contributed by atoms with E-state index < -0.39 is 0 Å². The number of hydrogen-bond acceptors (Lipinski definition) is 3. The van der Waals surface area contributed by atoms with Crippen LogP contribution in [-0.4, -0.2) is 18.7 Å². The molecule has 1 N–H and O–H groups in total. The van der Waals surface area contributed by atoms with E-state index in [1.807, 2.05) is 61.5 Å². The molecule has 2 aromatic rings. The van der Waals surface area contributed by atoms with Gasteiger partial charge in [0.1, 0.15) is 5.75 Å². The molecule has 1 amide bonds. The molecule has 0 aliphatic carbocycles. The van der Waals surface area contributed by atoms with Crippen molar-refractivity contribution in [3.63, 3.8) is 0 Å². The summed E-state index contributed by atoms with van der Waals surface area (Å²) in [5.74, 6) is 0.362. The predicted molar refractivity (Wildman–Crippen MR) is 93.8 cm³/mol. The maximum Gasteiger partial charge on any atom is 0.277 e.